The molecule has 1 aromatic rings. The third-order valence-corrected chi connectivity index (χ3v) is 5.71. The molecule has 0 aliphatic heterocycles. The van der Waals surface area contributed by atoms with Gasteiger partial charge in [-0.15, -0.1) is 0 Å². The van der Waals surface area contributed by atoms with E-state index in [-0.39, 0.29) is 38.8 Å². The lowest BCUT2D eigenvalue weighted by Gasteiger charge is -2.27. The number of amides is 5. The molecule has 0 unspecified atom stereocenters. The van der Waals surface area contributed by atoms with Gasteiger partial charge in [0.15, 0.2) is 0 Å². The Morgan fingerprint density at radius 2 is 1.55 bits per heavy atom. The van der Waals surface area contributed by atoms with Gasteiger partial charge in [0.05, 0.1) is 0 Å². The van der Waals surface area contributed by atoms with Crippen LogP contribution in [0.5, 0.6) is 0 Å². The maximum atomic E-state index is 13.3. The Balaban J connectivity index is 2.95. The van der Waals surface area contributed by atoms with Crippen molar-refractivity contribution < 1.29 is 43.3 Å². The highest BCUT2D eigenvalue weighted by Crippen LogP contribution is 2.12. The van der Waals surface area contributed by atoms with Crippen LogP contribution >= 0.6 is 0 Å². The number of primary amides is 1. The molecule has 0 aliphatic carbocycles. The Labute approximate surface area is 245 Å². The molecule has 1 rings (SSSR count). The van der Waals surface area contributed by atoms with E-state index in [1.165, 1.54) is 0 Å². The lowest BCUT2D eigenvalue weighted by atomic mass is 10.0. The van der Waals surface area contributed by atoms with Crippen molar-refractivity contribution >= 4 is 35.9 Å². The first-order chi connectivity index (χ1) is 19.6. The molecular formula is C28H43N5O9. The molecule has 14 nitrogen and oxygen atoms in total. The van der Waals surface area contributed by atoms with E-state index in [2.05, 4.69) is 21.3 Å². The van der Waals surface area contributed by atoms with Gasteiger partial charge in [-0.2, -0.15) is 0 Å². The quantitative estimate of drug-likeness (QED) is 0.121. The molecule has 0 saturated heterocycles. The summed E-state index contributed by atoms with van der Waals surface area (Å²) in [6.45, 7) is 8.43. The van der Waals surface area contributed by atoms with Crippen LogP contribution < -0.4 is 27.0 Å². The zero-order chi connectivity index (χ0) is 31.9. The van der Waals surface area contributed by atoms with Crippen molar-refractivity contribution in [2.24, 2.45) is 11.7 Å². The van der Waals surface area contributed by atoms with E-state index in [9.17, 15) is 33.9 Å². The van der Waals surface area contributed by atoms with Gasteiger partial charge in [-0.3, -0.25) is 14.4 Å². The number of hydrogen-bond acceptors (Lipinski definition) is 8. The highest BCUT2D eigenvalue weighted by atomic mass is 16.6. The van der Waals surface area contributed by atoms with Gasteiger partial charge in [-0.25, -0.2) is 14.4 Å². The number of ether oxygens (including phenoxy) is 2. The number of carbonyl (C=O) groups is 6. The minimum atomic E-state index is -1.30. The number of rotatable bonds is 16. The van der Waals surface area contributed by atoms with Gasteiger partial charge in [0.1, 0.15) is 30.3 Å². The number of carboxylic acids is 1. The Morgan fingerprint density at radius 1 is 0.905 bits per heavy atom. The monoisotopic (exact) mass is 593 g/mol. The summed E-state index contributed by atoms with van der Waals surface area (Å²) in [7, 11) is 0. The zero-order valence-corrected chi connectivity index (χ0v) is 24.7. The summed E-state index contributed by atoms with van der Waals surface area (Å²) < 4.78 is 10.5. The fourth-order valence-electron chi connectivity index (χ4n) is 3.66. The van der Waals surface area contributed by atoms with E-state index in [1.54, 1.807) is 58.9 Å². The van der Waals surface area contributed by atoms with Crippen molar-refractivity contribution in [3.63, 3.8) is 0 Å². The van der Waals surface area contributed by atoms with E-state index < -0.39 is 65.5 Å². The molecule has 1 aromatic carbocycles. The maximum Gasteiger partial charge on any atom is 0.408 e. The van der Waals surface area contributed by atoms with Crippen molar-refractivity contribution in [2.45, 2.75) is 90.6 Å². The first kappa shape index (κ1) is 35.7. The van der Waals surface area contributed by atoms with Gasteiger partial charge in [0.2, 0.25) is 11.8 Å². The average Bonchev–Trinajstić information content (AvgIpc) is 2.88. The Bertz CT molecular complexity index is 1070. The largest absolute Gasteiger partial charge is 0.480 e. The standard InChI is InChI=1S/C28H43N5O9/c1-17(2)22(24(36)31-20(25(37)38)12-9-15-30-26(29)39)33-23(35)19(13-14-21(34)42-28(3,4)5)32-27(40)41-16-18-10-7-6-8-11-18/h6-8,10-11,17,19-20,22H,9,12-16H2,1-5H3,(H,31,36)(H,32,40)(H,33,35)(H,37,38)(H3,29,30,39)/t19-,20-,22-/m0/s1. The van der Waals surface area contributed by atoms with Crippen molar-refractivity contribution in [1.29, 1.82) is 0 Å². The first-order valence-electron chi connectivity index (χ1n) is 13.6. The molecule has 3 atom stereocenters. The van der Waals surface area contributed by atoms with E-state index in [0.717, 1.165) is 5.56 Å². The summed E-state index contributed by atoms with van der Waals surface area (Å²) in [5, 5.41) is 19.3. The fraction of sp³-hybridized carbons (Fsp3) is 0.571. The molecular weight excluding hydrogens is 550 g/mol. The normalized spacial score (nSPS) is 13.2. The molecule has 0 fully saturated rings. The van der Waals surface area contributed by atoms with Gasteiger partial charge in [0, 0.05) is 13.0 Å². The summed E-state index contributed by atoms with van der Waals surface area (Å²) in [6, 6.07) is 4.37. The molecule has 0 aliphatic rings. The third-order valence-electron chi connectivity index (χ3n) is 5.71. The van der Waals surface area contributed by atoms with Crippen LogP contribution in [-0.2, 0) is 35.3 Å². The predicted molar refractivity (Wildman–Crippen MR) is 152 cm³/mol. The lowest BCUT2D eigenvalue weighted by Crippen LogP contribution is -2.57. The smallest absolute Gasteiger partial charge is 0.408 e. The SMILES string of the molecule is CC(C)[C@H](NC(=O)[C@H](CCC(=O)OC(C)(C)C)NC(=O)OCc1ccccc1)C(=O)N[C@@H](CCCNC(N)=O)C(=O)O. The average molecular weight is 594 g/mol. The molecule has 42 heavy (non-hydrogen) atoms. The van der Waals surface area contributed by atoms with Crippen molar-refractivity contribution in [3.8, 4) is 0 Å². The summed E-state index contributed by atoms with van der Waals surface area (Å²) in [5.41, 5.74) is 4.96. The van der Waals surface area contributed by atoms with Crippen LogP contribution in [0.3, 0.4) is 0 Å². The van der Waals surface area contributed by atoms with Crippen LogP contribution in [-0.4, -0.2) is 71.3 Å². The molecule has 5 amide bonds. The minimum Gasteiger partial charge on any atom is -0.480 e. The van der Waals surface area contributed by atoms with Crippen molar-refractivity contribution in [1.82, 2.24) is 21.3 Å². The summed E-state index contributed by atoms with van der Waals surface area (Å²) >= 11 is 0. The first-order valence-corrected chi connectivity index (χ1v) is 13.6. The van der Waals surface area contributed by atoms with Crippen LogP contribution in [0.4, 0.5) is 9.59 Å². The van der Waals surface area contributed by atoms with Crippen LogP contribution in [0.15, 0.2) is 30.3 Å². The van der Waals surface area contributed by atoms with Gasteiger partial charge in [0.25, 0.3) is 0 Å². The second kappa shape index (κ2) is 17.5. The number of carbonyl (C=O) groups excluding carboxylic acids is 5. The van der Waals surface area contributed by atoms with Crippen LogP contribution in [0, 0.1) is 5.92 Å². The van der Waals surface area contributed by atoms with Crippen LogP contribution in [0.2, 0.25) is 0 Å². The molecule has 14 heteroatoms. The van der Waals surface area contributed by atoms with E-state index in [0.29, 0.717) is 0 Å². The summed E-state index contributed by atoms with van der Waals surface area (Å²) in [5.74, 6) is -3.90. The number of benzene rings is 1. The van der Waals surface area contributed by atoms with Gasteiger partial charge < -0.3 is 41.6 Å². The summed E-state index contributed by atoms with van der Waals surface area (Å²) in [6.07, 6.45) is -1.07. The van der Waals surface area contributed by atoms with Crippen molar-refractivity contribution in [2.75, 3.05) is 6.54 Å². The van der Waals surface area contributed by atoms with Gasteiger partial charge >= 0.3 is 24.1 Å². The number of nitrogens with two attached hydrogens (primary N) is 1. The number of nitrogens with one attached hydrogen (secondary N) is 4. The summed E-state index contributed by atoms with van der Waals surface area (Å²) in [4.78, 5) is 73.7. The number of hydrogen-bond donors (Lipinski definition) is 6. The molecule has 0 radical (unpaired) electrons. The predicted octanol–water partition coefficient (Wildman–Crippen LogP) is 1.56. The number of alkyl carbamates (subject to hydrolysis) is 1. The number of esters is 1. The minimum absolute atomic E-state index is 0.00651. The zero-order valence-electron chi connectivity index (χ0n) is 24.7. The van der Waals surface area contributed by atoms with E-state index >= 15 is 0 Å². The van der Waals surface area contributed by atoms with E-state index in [4.69, 9.17) is 15.2 Å². The molecule has 0 aromatic heterocycles. The molecule has 234 valence electrons. The van der Waals surface area contributed by atoms with E-state index in [1.807, 2.05) is 6.07 Å². The van der Waals surface area contributed by atoms with Crippen LogP contribution in [0.25, 0.3) is 0 Å². The topological polar surface area (TPSA) is 215 Å². The maximum absolute atomic E-state index is 13.3. The highest BCUT2D eigenvalue weighted by molar-refractivity contribution is 5.93. The second-order valence-corrected chi connectivity index (χ2v) is 10.9. The Kier molecular flexibility index (Phi) is 14.8. The fourth-order valence-corrected chi connectivity index (χ4v) is 3.66. The second-order valence-electron chi connectivity index (χ2n) is 10.9. The van der Waals surface area contributed by atoms with Crippen LogP contribution in [0.1, 0.15) is 65.9 Å². The Hall–Kier alpha value is -4.36. The van der Waals surface area contributed by atoms with Gasteiger partial charge in [-0.1, -0.05) is 44.2 Å². The van der Waals surface area contributed by atoms with Crippen molar-refractivity contribution in [3.05, 3.63) is 35.9 Å². The molecule has 0 heterocycles. The number of carboxylic acid groups (broad SMARTS) is 1. The molecule has 0 spiro atoms. The number of aliphatic carboxylic acids is 1. The molecule has 0 bridgehead atoms. The Morgan fingerprint density at radius 3 is 2.10 bits per heavy atom. The lowest BCUT2D eigenvalue weighted by molar-refractivity contribution is -0.155. The highest BCUT2D eigenvalue weighted by Gasteiger charge is 2.32. The number of urea groups is 1. The molecule has 0 saturated carbocycles. The van der Waals surface area contributed by atoms with Gasteiger partial charge in [-0.05, 0) is 51.5 Å². The molecule has 7 N–H and O–H groups in total. The third kappa shape index (κ3) is 14.9.